The molecule has 0 unspecified atom stereocenters. The molecule has 1 aromatic heterocycles. The number of carbonyl (C=O) groups is 1. The number of aromatic nitrogens is 1. The van der Waals surface area contributed by atoms with Crippen molar-refractivity contribution in [3.63, 3.8) is 0 Å². The summed E-state index contributed by atoms with van der Waals surface area (Å²) in [6, 6.07) is 8.31. The second kappa shape index (κ2) is 6.60. The molecule has 2 rings (SSSR count). The van der Waals surface area contributed by atoms with Gasteiger partial charge in [-0.25, -0.2) is 9.78 Å². The Balaban J connectivity index is 2.13. The van der Waals surface area contributed by atoms with Crippen LogP contribution in [0.1, 0.15) is 15.9 Å². The number of hydrogen-bond donors (Lipinski definition) is 1. The van der Waals surface area contributed by atoms with Crippen molar-refractivity contribution in [2.45, 2.75) is 6.61 Å². The summed E-state index contributed by atoms with van der Waals surface area (Å²) in [6.07, 6.45) is 1.60. The standard InChI is InChI=1S/C15H16N2O4/c1-19-13-6-5-11(16)8-12(13)15(18)21-9-10-4-3-7-17-14(10)20-2/h3-8H,9,16H2,1-2H3. The fourth-order valence-electron chi connectivity index (χ4n) is 1.82. The van der Waals surface area contributed by atoms with Crippen LogP contribution in [0.25, 0.3) is 0 Å². The van der Waals surface area contributed by atoms with E-state index in [1.165, 1.54) is 20.3 Å². The third kappa shape index (κ3) is 3.42. The van der Waals surface area contributed by atoms with E-state index in [1.54, 1.807) is 30.5 Å². The smallest absolute Gasteiger partial charge is 0.342 e. The maximum absolute atomic E-state index is 12.1. The van der Waals surface area contributed by atoms with E-state index in [-0.39, 0.29) is 12.2 Å². The van der Waals surface area contributed by atoms with Crippen molar-refractivity contribution in [1.29, 1.82) is 0 Å². The zero-order valence-corrected chi connectivity index (χ0v) is 11.8. The highest BCUT2D eigenvalue weighted by atomic mass is 16.5. The molecular weight excluding hydrogens is 272 g/mol. The van der Waals surface area contributed by atoms with Crippen molar-refractivity contribution in [2.75, 3.05) is 20.0 Å². The zero-order valence-electron chi connectivity index (χ0n) is 11.8. The topological polar surface area (TPSA) is 83.7 Å². The maximum atomic E-state index is 12.1. The highest BCUT2D eigenvalue weighted by Gasteiger charge is 2.15. The summed E-state index contributed by atoms with van der Waals surface area (Å²) in [5, 5.41) is 0. The van der Waals surface area contributed by atoms with Crippen LogP contribution in [0.4, 0.5) is 5.69 Å². The number of hydrogen-bond acceptors (Lipinski definition) is 6. The van der Waals surface area contributed by atoms with Gasteiger partial charge in [-0.2, -0.15) is 0 Å². The number of esters is 1. The lowest BCUT2D eigenvalue weighted by Gasteiger charge is -2.10. The fourth-order valence-corrected chi connectivity index (χ4v) is 1.82. The van der Waals surface area contributed by atoms with E-state index >= 15 is 0 Å². The van der Waals surface area contributed by atoms with Gasteiger partial charge in [0, 0.05) is 11.9 Å². The minimum atomic E-state index is -0.523. The molecule has 2 N–H and O–H groups in total. The van der Waals surface area contributed by atoms with Crippen molar-refractivity contribution in [2.24, 2.45) is 0 Å². The first kappa shape index (κ1) is 14.6. The highest BCUT2D eigenvalue weighted by molar-refractivity contribution is 5.93. The lowest BCUT2D eigenvalue weighted by Crippen LogP contribution is -2.08. The summed E-state index contributed by atoms with van der Waals surface area (Å²) in [6.45, 7) is 0.0494. The van der Waals surface area contributed by atoms with E-state index in [0.29, 0.717) is 22.9 Å². The van der Waals surface area contributed by atoms with Crippen LogP contribution in [0, 0.1) is 0 Å². The first-order valence-corrected chi connectivity index (χ1v) is 6.24. The molecule has 0 aliphatic rings. The molecule has 6 nitrogen and oxygen atoms in total. The number of benzene rings is 1. The molecular formula is C15H16N2O4. The Morgan fingerprint density at radius 3 is 2.76 bits per heavy atom. The van der Waals surface area contributed by atoms with Gasteiger partial charge in [0.25, 0.3) is 0 Å². The molecule has 0 atom stereocenters. The van der Waals surface area contributed by atoms with Gasteiger partial charge in [0.2, 0.25) is 5.88 Å². The number of anilines is 1. The van der Waals surface area contributed by atoms with Crippen LogP contribution < -0.4 is 15.2 Å². The van der Waals surface area contributed by atoms with Gasteiger partial charge in [-0.1, -0.05) is 0 Å². The Kier molecular flexibility index (Phi) is 4.61. The lowest BCUT2D eigenvalue weighted by atomic mass is 10.2. The van der Waals surface area contributed by atoms with E-state index in [2.05, 4.69) is 4.98 Å². The predicted molar refractivity (Wildman–Crippen MR) is 77.3 cm³/mol. The maximum Gasteiger partial charge on any atom is 0.342 e. The molecule has 0 bridgehead atoms. The fraction of sp³-hybridized carbons (Fsp3) is 0.200. The van der Waals surface area contributed by atoms with Gasteiger partial charge in [0.1, 0.15) is 17.9 Å². The zero-order chi connectivity index (χ0) is 15.2. The summed E-state index contributed by atoms with van der Waals surface area (Å²) in [4.78, 5) is 16.2. The van der Waals surface area contributed by atoms with E-state index < -0.39 is 5.97 Å². The number of pyridine rings is 1. The van der Waals surface area contributed by atoms with Crippen molar-refractivity contribution >= 4 is 11.7 Å². The quantitative estimate of drug-likeness (QED) is 0.669. The van der Waals surface area contributed by atoms with Gasteiger partial charge in [-0.05, 0) is 30.3 Å². The van der Waals surface area contributed by atoms with E-state index in [9.17, 15) is 4.79 Å². The van der Waals surface area contributed by atoms with Gasteiger partial charge in [-0.15, -0.1) is 0 Å². The van der Waals surface area contributed by atoms with Crippen LogP contribution in [-0.4, -0.2) is 25.2 Å². The van der Waals surface area contributed by atoms with E-state index in [0.717, 1.165) is 0 Å². The summed E-state index contributed by atoms with van der Waals surface area (Å²) in [5.74, 6) is 0.308. The monoisotopic (exact) mass is 288 g/mol. The van der Waals surface area contributed by atoms with Crippen LogP contribution in [0.2, 0.25) is 0 Å². The molecule has 0 radical (unpaired) electrons. The lowest BCUT2D eigenvalue weighted by molar-refractivity contribution is 0.0466. The summed E-state index contributed by atoms with van der Waals surface area (Å²) >= 11 is 0. The molecule has 0 amide bonds. The number of rotatable bonds is 5. The highest BCUT2D eigenvalue weighted by Crippen LogP contribution is 2.23. The Hall–Kier alpha value is -2.76. The van der Waals surface area contributed by atoms with Crippen molar-refractivity contribution in [1.82, 2.24) is 4.98 Å². The van der Waals surface area contributed by atoms with Crippen LogP contribution in [-0.2, 0) is 11.3 Å². The van der Waals surface area contributed by atoms with Crippen molar-refractivity contribution in [3.05, 3.63) is 47.7 Å². The number of ether oxygens (including phenoxy) is 3. The SMILES string of the molecule is COc1ccc(N)cc1C(=O)OCc1cccnc1OC. The molecule has 0 fully saturated rings. The third-order valence-electron chi connectivity index (χ3n) is 2.85. The Labute approximate surface area is 122 Å². The van der Waals surface area contributed by atoms with Crippen LogP contribution in [0.3, 0.4) is 0 Å². The van der Waals surface area contributed by atoms with Gasteiger partial charge in [0.05, 0.1) is 19.8 Å². The van der Waals surface area contributed by atoms with Gasteiger partial charge >= 0.3 is 5.97 Å². The van der Waals surface area contributed by atoms with Crippen LogP contribution in [0.5, 0.6) is 11.6 Å². The molecule has 1 aromatic carbocycles. The van der Waals surface area contributed by atoms with Crippen LogP contribution >= 0.6 is 0 Å². The molecule has 0 saturated heterocycles. The summed E-state index contributed by atoms with van der Waals surface area (Å²) < 4.78 is 15.5. The molecule has 0 spiro atoms. The van der Waals surface area contributed by atoms with E-state index in [4.69, 9.17) is 19.9 Å². The first-order chi connectivity index (χ1) is 10.2. The van der Waals surface area contributed by atoms with Crippen molar-refractivity contribution in [3.8, 4) is 11.6 Å². The minimum absolute atomic E-state index is 0.0494. The summed E-state index contributed by atoms with van der Waals surface area (Å²) in [5.41, 5.74) is 7.09. The van der Waals surface area contributed by atoms with Crippen LogP contribution in [0.15, 0.2) is 36.5 Å². The number of methoxy groups -OCH3 is 2. The average molecular weight is 288 g/mol. The average Bonchev–Trinajstić information content (AvgIpc) is 2.52. The Morgan fingerprint density at radius 1 is 1.24 bits per heavy atom. The second-order valence-corrected chi connectivity index (χ2v) is 4.21. The largest absolute Gasteiger partial charge is 0.496 e. The number of nitrogen functional groups attached to an aromatic ring is 1. The second-order valence-electron chi connectivity index (χ2n) is 4.21. The van der Waals surface area contributed by atoms with E-state index in [1.807, 2.05) is 0 Å². The third-order valence-corrected chi connectivity index (χ3v) is 2.85. The van der Waals surface area contributed by atoms with Gasteiger partial charge in [0.15, 0.2) is 0 Å². The number of nitrogens with zero attached hydrogens (tertiary/aromatic N) is 1. The van der Waals surface area contributed by atoms with Crippen molar-refractivity contribution < 1.29 is 19.0 Å². The van der Waals surface area contributed by atoms with Gasteiger partial charge < -0.3 is 19.9 Å². The number of carbonyl (C=O) groups excluding carboxylic acids is 1. The summed E-state index contributed by atoms with van der Waals surface area (Å²) in [7, 11) is 2.99. The molecule has 0 aliphatic carbocycles. The predicted octanol–water partition coefficient (Wildman–Crippen LogP) is 2.04. The molecule has 2 aromatic rings. The minimum Gasteiger partial charge on any atom is -0.496 e. The molecule has 110 valence electrons. The number of nitrogens with two attached hydrogens (primary N) is 1. The van der Waals surface area contributed by atoms with Gasteiger partial charge in [-0.3, -0.25) is 0 Å². The normalized spacial score (nSPS) is 10.0. The molecule has 1 heterocycles. The molecule has 0 saturated carbocycles. The Morgan fingerprint density at radius 2 is 2.05 bits per heavy atom. The first-order valence-electron chi connectivity index (χ1n) is 6.24. The molecule has 0 aliphatic heterocycles. The molecule has 21 heavy (non-hydrogen) atoms. The molecule has 6 heteroatoms. The Bertz CT molecular complexity index is 643.